The number of aliphatic hydroxyl groups is 2. The monoisotopic (exact) mass is 1040 g/mol. The first-order chi connectivity index (χ1) is 35.4. The van der Waals surface area contributed by atoms with Gasteiger partial charge in [0.1, 0.15) is 12.4 Å². The Labute approximate surface area is 453 Å². The third kappa shape index (κ3) is 27.0. The number of rotatable bonds is 29. The summed E-state index contributed by atoms with van der Waals surface area (Å²) >= 11 is 0. The molecule has 2 N–H and O–H groups in total. The Morgan fingerprint density at radius 2 is 1.24 bits per heavy atom. The molecule has 0 heterocycles. The largest absolute Gasteiger partial charge is 0.469 e. The van der Waals surface area contributed by atoms with E-state index in [0.717, 1.165) is 115 Å². The summed E-state index contributed by atoms with van der Waals surface area (Å²) in [4.78, 5) is 49.3. The molecule has 0 aromatic carbocycles. The fourth-order valence-electron chi connectivity index (χ4n) is 11.8. The third-order valence-electron chi connectivity index (χ3n) is 16.6. The lowest BCUT2D eigenvalue weighted by Gasteiger charge is -2.35. The number of methoxy groups -OCH3 is 3. The second kappa shape index (κ2) is 40.4. The first kappa shape index (κ1) is 69.2. The molecule has 4 fully saturated rings. The fraction of sp³-hybridized carbons (Fsp3) is 0.841. The Morgan fingerprint density at radius 3 is 1.80 bits per heavy atom. The van der Waals surface area contributed by atoms with Gasteiger partial charge in [0.25, 0.3) is 0 Å². The molecule has 9 atom stereocenters. The predicted octanol–water partition coefficient (Wildman–Crippen LogP) is 14.6. The quantitative estimate of drug-likeness (QED) is 0.0321. The Morgan fingerprint density at radius 1 is 0.635 bits per heavy atom. The number of aliphatic hydroxyl groups excluding tert-OH is 2. The molecular weight excluding hydrogens is 931 g/mol. The van der Waals surface area contributed by atoms with E-state index >= 15 is 0 Å². The molecule has 0 aliphatic heterocycles. The molecule has 430 valence electrons. The van der Waals surface area contributed by atoms with Crippen LogP contribution in [0.2, 0.25) is 0 Å². The summed E-state index contributed by atoms with van der Waals surface area (Å²) < 4.78 is 21.4. The predicted molar refractivity (Wildman–Crippen MR) is 303 cm³/mol. The summed E-state index contributed by atoms with van der Waals surface area (Å²) in [6.45, 7) is 23.0. The molecular formula is C63H113NO10. The molecule has 0 saturated heterocycles. The van der Waals surface area contributed by atoms with Gasteiger partial charge in [0, 0.05) is 71.2 Å². The number of ketones is 1. The number of unbranched alkanes of at least 4 members (excludes halogenated alkanes) is 6. The van der Waals surface area contributed by atoms with Crippen molar-refractivity contribution in [3.8, 4) is 0 Å². The zero-order valence-electron chi connectivity index (χ0n) is 49.7. The molecule has 1 amide bonds. The van der Waals surface area contributed by atoms with Gasteiger partial charge in [-0.2, -0.15) is 0 Å². The lowest BCUT2D eigenvalue weighted by molar-refractivity contribution is -0.233. The Balaban J connectivity index is 0.000000495. The Bertz CT molecular complexity index is 1620. The van der Waals surface area contributed by atoms with E-state index in [1.807, 2.05) is 38.7 Å². The molecule has 11 nitrogen and oxygen atoms in total. The van der Waals surface area contributed by atoms with Gasteiger partial charge >= 0.3 is 11.9 Å². The maximum Gasteiger partial charge on any atom is 0.306 e. The minimum Gasteiger partial charge on any atom is -0.469 e. The summed E-state index contributed by atoms with van der Waals surface area (Å²) in [6.07, 6.45) is 33.5. The average Bonchev–Trinajstić information content (AvgIpc) is 4.14. The summed E-state index contributed by atoms with van der Waals surface area (Å²) in [7, 11) is 4.86. The van der Waals surface area contributed by atoms with Crippen LogP contribution in [0.15, 0.2) is 34.9 Å². The number of ether oxygens (including phenoxy) is 4. The highest BCUT2D eigenvalue weighted by molar-refractivity contribution is 5.85. The summed E-state index contributed by atoms with van der Waals surface area (Å²) in [5.41, 5.74) is 4.03. The number of hydrogen-bond donors (Lipinski definition) is 2. The molecule has 4 saturated carbocycles. The van der Waals surface area contributed by atoms with Gasteiger partial charge < -0.3 is 34.1 Å². The van der Waals surface area contributed by atoms with Gasteiger partial charge in [-0.05, 0) is 161 Å². The van der Waals surface area contributed by atoms with Gasteiger partial charge in [-0.1, -0.05) is 114 Å². The van der Waals surface area contributed by atoms with E-state index in [1.54, 1.807) is 14.2 Å². The molecule has 74 heavy (non-hydrogen) atoms. The van der Waals surface area contributed by atoms with Crippen LogP contribution in [0.4, 0.5) is 0 Å². The van der Waals surface area contributed by atoms with Gasteiger partial charge in [-0.3, -0.25) is 19.2 Å². The van der Waals surface area contributed by atoms with Crippen molar-refractivity contribution in [2.24, 2.45) is 41.4 Å². The summed E-state index contributed by atoms with van der Waals surface area (Å²) in [5.74, 6) is 2.04. The molecule has 11 heteroatoms. The average molecular weight is 1040 g/mol. The standard InChI is InChI=1S/C17H30O3.C16H29NO2.C15H28O4.C15H26O/c1-4-5-6-7-15-14(8-9-16(15)18)12-17(19)20-11-10-13(2)3;1-4-7-8-9-14-13(10-11-15(14)18)12-16(19)17(5-2)6-3;1-5-6-7-8-13-12(11-14(16)17-2)9-10-15(13,18-3)19-4;1-12(2)6-4-7-13(3)10-11-14-8-5-9-15(14)16/h10,14-16,18H,4-9,11-12H2,1-3H3;13-14H,4-12H2,1-3H3;12-13H,5-11H2,1-4H3;6,10,14-16H,4-5,7-9,11H2,1-3H3/b;;;13-10+. The smallest absolute Gasteiger partial charge is 0.306 e. The second-order valence-corrected chi connectivity index (χ2v) is 22.6. The number of amides is 1. The van der Waals surface area contributed by atoms with Crippen LogP contribution in [0, 0.1) is 41.4 Å². The van der Waals surface area contributed by atoms with Crippen molar-refractivity contribution in [3.05, 3.63) is 34.9 Å². The van der Waals surface area contributed by atoms with Crippen LogP contribution in [-0.2, 0) is 38.1 Å². The third-order valence-corrected chi connectivity index (χ3v) is 16.6. The SMILES string of the molecule is CC(C)=CCC/C(C)=C/CC1CCCC1O.CCCCCC1C(=O)CCC1CC(=O)N(CC)CC.CCCCCC1C(CC(=O)OC)CCC1(OC)OC.CCCCCC1C(O)CCC1CC(=O)OCC=C(C)C. The van der Waals surface area contributed by atoms with Crippen LogP contribution >= 0.6 is 0 Å². The van der Waals surface area contributed by atoms with Crippen molar-refractivity contribution in [1.29, 1.82) is 0 Å². The number of nitrogens with zero attached hydrogens (tertiary/aromatic N) is 1. The van der Waals surface area contributed by atoms with Crippen molar-refractivity contribution in [1.82, 2.24) is 4.90 Å². The highest BCUT2D eigenvalue weighted by atomic mass is 16.7. The Kier molecular flexibility index (Phi) is 37.7. The van der Waals surface area contributed by atoms with Crippen LogP contribution in [0.1, 0.15) is 243 Å². The maximum absolute atomic E-state index is 12.2. The topological polar surface area (TPSA) is 149 Å². The summed E-state index contributed by atoms with van der Waals surface area (Å²) in [6, 6.07) is 0. The van der Waals surface area contributed by atoms with E-state index in [9.17, 15) is 29.4 Å². The Hall–Kier alpha value is -2.86. The van der Waals surface area contributed by atoms with Crippen LogP contribution in [0.5, 0.6) is 0 Å². The van der Waals surface area contributed by atoms with Crippen molar-refractivity contribution in [2.45, 2.75) is 261 Å². The highest BCUT2D eigenvalue weighted by Crippen LogP contribution is 2.47. The number of allylic oxidation sites excluding steroid dienone is 5. The van der Waals surface area contributed by atoms with Gasteiger partial charge in [-0.25, -0.2) is 0 Å². The second-order valence-electron chi connectivity index (χ2n) is 22.6. The zero-order chi connectivity index (χ0) is 55.5. The molecule has 0 aromatic rings. The molecule has 0 radical (unpaired) electrons. The number of esters is 2. The van der Waals surface area contributed by atoms with E-state index in [2.05, 4.69) is 53.7 Å². The van der Waals surface area contributed by atoms with Crippen molar-refractivity contribution >= 4 is 23.6 Å². The van der Waals surface area contributed by atoms with Crippen LogP contribution < -0.4 is 0 Å². The zero-order valence-corrected chi connectivity index (χ0v) is 49.7. The van der Waals surface area contributed by atoms with Crippen molar-refractivity contribution in [3.63, 3.8) is 0 Å². The molecule has 0 spiro atoms. The van der Waals surface area contributed by atoms with Crippen LogP contribution in [0.3, 0.4) is 0 Å². The van der Waals surface area contributed by atoms with E-state index in [4.69, 9.17) is 18.9 Å². The van der Waals surface area contributed by atoms with Gasteiger partial charge in [0.2, 0.25) is 5.91 Å². The lowest BCUT2D eigenvalue weighted by Crippen LogP contribution is -2.40. The van der Waals surface area contributed by atoms with Crippen LogP contribution in [-0.4, -0.2) is 97.8 Å². The minimum atomic E-state index is -0.508. The number of hydrogen-bond acceptors (Lipinski definition) is 10. The maximum atomic E-state index is 12.2. The molecule has 4 aliphatic rings. The number of carbonyl (C=O) groups excluding carboxylic acids is 4. The van der Waals surface area contributed by atoms with E-state index in [0.29, 0.717) is 61.7 Å². The van der Waals surface area contributed by atoms with E-state index in [1.165, 1.54) is 69.6 Å². The summed E-state index contributed by atoms with van der Waals surface area (Å²) in [5, 5.41) is 19.8. The first-order valence-corrected chi connectivity index (χ1v) is 29.8. The van der Waals surface area contributed by atoms with Gasteiger partial charge in [0.05, 0.1) is 19.3 Å². The normalized spacial score (nSPS) is 24.9. The van der Waals surface area contributed by atoms with Gasteiger partial charge in [0.15, 0.2) is 5.79 Å². The molecule has 4 rings (SSSR count). The molecule has 9 unspecified atom stereocenters. The van der Waals surface area contributed by atoms with Crippen molar-refractivity contribution in [2.75, 3.05) is 41.0 Å². The lowest BCUT2D eigenvalue weighted by atomic mass is 9.85. The first-order valence-electron chi connectivity index (χ1n) is 29.8. The van der Waals surface area contributed by atoms with Gasteiger partial charge in [-0.15, -0.1) is 0 Å². The van der Waals surface area contributed by atoms with E-state index < -0.39 is 5.79 Å². The number of Topliss-reactive ketones (excluding diaryl/α,β-unsaturated/α-hetero) is 1. The fourth-order valence-corrected chi connectivity index (χ4v) is 11.8. The minimum absolute atomic E-state index is 0.0400. The van der Waals surface area contributed by atoms with Crippen molar-refractivity contribution < 1.29 is 48.3 Å². The number of carbonyl (C=O) groups is 4. The van der Waals surface area contributed by atoms with Crippen LogP contribution in [0.25, 0.3) is 0 Å². The molecule has 4 aliphatic carbocycles. The highest BCUT2D eigenvalue weighted by Gasteiger charge is 2.49. The van der Waals surface area contributed by atoms with E-state index in [-0.39, 0.29) is 47.8 Å². The molecule has 0 aromatic heterocycles. The molecule has 0 bridgehead atoms.